The number of hydrogen-bond donors (Lipinski definition) is 1. The zero-order chi connectivity index (χ0) is 8.39. The van der Waals surface area contributed by atoms with E-state index in [9.17, 15) is 0 Å². The number of pyridine rings is 1. The second-order valence-electron chi connectivity index (χ2n) is 2.66. The Morgan fingerprint density at radius 3 is 3.25 bits per heavy atom. The summed E-state index contributed by atoms with van der Waals surface area (Å²) in [6.45, 7) is 0.869. The smallest absolute Gasteiger partial charge is 0.160 e. The molecule has 0 aliphatic heterocycles. The summed E-state index contributed by atoms with van der Waals surface area (Å²) < 4.78 is 1.91. The minimum atomic E-state index is 0.869. The quantitative estimate of drug-likeness (QED) is 0.697. The minimum Gasteiger partial charge on any atom is -0.316 e. The van der Waals surface area contributed by atoms with Crippen LogP contribution < -0.4 is 5.32 Å². The Hall–Kier alpha value is -1.42. The highest BCUT2D eigenvalue weighted by molar-refractivity contribution is 5.37. The molecule has 62 valence electrons. The van der Waals surface area contributed by atoms with Gasteiger partial charge in [0.15, 0.2) is 5.65 Å². The van der Waals surface area contributed by atoms with Crippen molar-refractivity contribution in [2.45, 2.75) is 6.54 Å². The lowest BCUT2D eigenvalue weighted by atomic mass is 10.3. The molecule has 2 aromatic heterocycles. The number of nitrogens with zero attached hydrogens (tertiary/aromatic N) is 3. The van der Waals surface area contributed by atoms with Gasteiger partial charge in [0.25, 0.3) is 0 Å². The Labute approximate surface area is 70.2 Å². The normalized spacial score (nSPS) is 10.8. The Morgan fingerprint density at radius 1 is 1.50 bits per heavy atom. The first kappa shape index (κ1) is 7.24. The van der Waals surface area contributed by atoms with Crippen LogP contribution >= 0.6 is 0 Å². The van der Waals surface area contributed by atoms with Crippen LogP contribution in [0.15, 0.2) is 24.7 Å². The van der Waals surface area contributed by atoms with Gasteiger partial charge >= 0.3 is 0 Å². The molecule has 0 fully saturated rings. The Morgan fingerprint density at radius 2 is 2.42 bits per heavy atom. The van der Waals surface area contributed by atoms with Gasteiger partial charge in [0.05, 0.1) is 0 Å². The van der Waals surface area contributed by atoms with Crippen LogP contribution in [-0.4, -0.2) is 21.6 Å². The Balaban J connectivity index is 2.46. The molecule has 0 aliphatic rings. The molecule has 4 heteroatoms. The van der Waals surface area contributed by atoms with Crippen LogP contribution in [0.25, 0.3) is 5.65 Å². The molecular formula is C8H10N4. The highest BCUT2D eigenvalue weighted by Crippen LogP contribution is 2.02. The van der Waals surface area contributed by atoms with E-state index in [2.05, 4.69) is 15.5 Å². The van der Waals surface area contributed by atoms with E-state index < -0.39 is 0 Å². The first-order valence-electron chi connectivity index (χ1n) is 3.83. The standard InChI is InChI=1S/C8H10N4/c1-9-4-7-2-3-8-11-10-6-12(8)5-7/h2-3,5-6,9H,4H2,1H3. The zero-order valence-corrected chi connectivity index (χ0v) is 6.86. The molecule has 1 N–H and O–H groups in total. The third kappa shape index (κ3) is 1.16. The Bertz CT molecular complexity index is 379. The molecule has 0 spiro atoms. The fraction of sp³-hybridized carbons (Fsp3) is 0.250. The van der Waals surface area contributed by atoms with E-state index in [1.807, 2.05) is 29.8 Å². The molecule has 2 rings (SSSR count). The monoisotopic (exact) mass is 162 g/mol. The van der Waals surface area contributed by atoms with E-state index in [4.69, 9.17) is 0 Å². The van der Waals surface area contributed by atoms with Gasteiger partial charge in [-0.3, -0.25) is 4.40 Å². The molecule has 0 amide bonds. The van der Waals surface area contributed by atoms with E-state index in [0.717, 1.165) is 12.2 Å². The number of fused-ring (bicyclic) bond motifs is 1. The first-order valence-corrected chi connectivity index (χ1v) is 3.83. The van der Waals surface area contributed by atoms with Crippen LogP contribution in [-0.2, 0) is 6.54 Å². The van der Waals surface area contributed by atoms with E-state index in [-0.39, 0.29) is 0 Å². The van der Waals surface area contributed by atoms with Gasteiger partial charge in [0, 0.05) is 12.7 Å². The molecule has 0 saturated heterocycles. The van der Waals surface area contributed by atoms with E-state index >= 15 is 0 Å². The molecule has 0 aromatic carbocycles. The topological polar surface area (TPSA) is 42.2 Å². The lowest BCUT2D eigenvalue weighted by Crippen LogP contribution is -2.05. The molecule has 0 atom stereocenters. The molecule has 0 bridgehead atoms. The largest absolute Gasteiger partial charge is 0.316 e. The second-order valence-corrected chi connectivity index (χ2v) is 2.66. The van der Waals surface area contributed by atoms with E-state index in [0.29, 0.717) is 0 Å². The van der Waals surface area contributed by atoms with Gasteiger partial charge in [0.1, 0.15) is 6.33 Å². The molecule has 4 nitrogen and oxygen atoms in total. The van der Waals surface area contributed by atoms with Crippen molar-refractivity contribution in [3.05, 3.63) is 30.2 Å². The van der Waals surface area contributed by atoms with Gasteiger partial charge in [-0.1, -0.05) is 6.07 Å². The fourth-order valence-corrected chi connectivity index (χ4v) is 1.18. The molecule has 2 heterocycles. The van der Waals surface area contributed by atoms with Crippen molar-refractivity contribution in [2.75, 3.05) is 7.05 Å². The van der Waals surface area contributed by atoms with Gasteiger partial charge in [-0.2, -0.15) is 0 Å². The maximum atomic E-state index is 3.91. The van der Waals surface area contributed by atoms with Crippen LogP contribution in [0.4, 0.5) is 0 Å². The summed E-state index contributed by atoms with van der Waals surface area (Å²) in [6.07, 6.45) is 3.72. The summed E-state index contributed by atoms with van der Waals surface area (Å²) >= 11 is 0. The van der Waals surface area contributed by atoms with Gasteiger partial charge < -0.3 is 5.32 Å². The molecular weight excluding hydrogens is 152 g/mol. The first-order chi connectivity index (χ1) is 5.90. The lowest BCUT2D eigenvalue weighted by Gasteiger charge is -1.99. The highest BCUT2D eigenvalue weighted by Gasteiger charge is 1.95. The van der Waals surface area contributed by atoms with Gasteiger partial charge in [-0.05, 0) is 18.7 Å². The van der Waals surface area contributed by atoms with Crippen molar-refractivity contribution in [2.24, 2.45) is 0 Å². The summed E-state index contributed by atoms with van der Waals surface area (Å²) in [5, 5.41) is 10.8. The van der Waals surface area contributed by atoms with E-state index in [1.54, 1.807) is 6.33 Å². The lowest BCUT2D eigenvalue weighted by molar-refractivity contribution is 0.811. The number of aromatic nitrogens is 3. The maximum Gasteiger partial charge on any atom is 0.160 e. The van der Waals surface area contributed by atoms with E-state index in [1.165, 1.54) is 5.56 Å². The summed E-state index contributed by atoms with van der Waals surface area (Å²) in [5.74, 6) is 0. The summed E-state index contributed by atoms with van der Waals surface area (Å²) in [5.41, 5.74) is 2.11. The van der Waals surface area contributed by atoms with Crippen LogP contribution in [0, 0.1) is 0 Å². The highest BCUT2D eigenvalue weighted by atomic mass is 15.2. The predicted octanol–water partition coefficient (Wildman–Crippen LogP) is 0.449. The minimum absolute atomic E-state index is 0.869. The van der Waals surface area contributed by atoms with Crippen LogP contribution in [0.3, 0.4) is 0 Å². The fourth-order valence-electron chi connectivity index (χ4n) is 1.18. The number of hydrogen-bond acceptors (Lipinski definition) is 3. The predicted molar refractivity (Wildman–Crippen MR) is 45.8 cm³/mol. The molecule has 2 aromatic rings. The Kier molecular flexibility index (Phi) is 1.75. The van der Waals surface area contributed by atoms with Crippen LogP contribution in [0.2, 0.25) is 0 Å². The molecule has 0 aliphatic carbocycles. The summed E-state index contributed by atoms with van der Waals surface area (Å²) in [4.78, 5) is 0. The molecule has 0 saturated carbocycles. The third-order valence-corrected chi connectivity index (χ3v) is 1.73. The summed E-state index contributed by atoms with van der Waals surface area (Å²) in [7, 11) is 1.93. The molecule has 0 radical (unpaired) electrons. The SMILES string of the molecule is CNCc1ccc2nncn2c1. The van der Waals surface area contributed by atoms with Crippen molar-refractivity contribution < 1.29 is 0 Å². The zero-order valence-electron chi connectivity index (χ0n) is 6.86. The average molecular weight is 162 g/mol. The average Bonchev–Trinajstić information content (AvgIpc) is 2.51. The van der Waals surface area contributed by atoms with Gasteiger partial charge in [0.2, 0.25) is 0 Å². The van der Waals surface area contributed by atoms with Gasteiger partial charge in [-0.15, -0.1) is 10.2 Å². The number of nitrogens with one attached hydrogen (secondary N) is 1. The second kappa shape index (κ2) is 2.91. The van der Waals surface area contributed by atoms with Gasteiger partial charge in [-0.25, -0.2) is 0 Å². The molecule has 12 heavy (non-hydrogen) atoms. The van der Waals surface area contributed by atoms with Crippen molar-refractivity contribution in [1.82, 2.24) is 19.9 Å². The van der Waals surface area contributed by atoms with Crippen LogP contribution in [0.1, 0.15) is 5.56 Å². The summed E-state index contributed by atoms with van der Waals surface area (Å²) in [6, 6.07) is 4.00. The molecule has 0 unspecified atom stereocenters. The van der Waals surface area contributed by atoms with Crippen molar-refractivity contribution >= 4 is 5.65 Å². The third-order valence-electron chi connectivity index (χ3n) is 1.73. The van der Waals surface area contributed by atoms with Crippen molar-refractivity contribution in [3.8, 4) is 0 Å². The van der Waals surface area contributed by atoms with Crippen molar-refractivity contribution in [3.63, 3.8) is 0 Å². The maximum absolute atomic E-state index is 3.91. The number of rotatable bonds is 2. The van der Waals surface area contributed by atoms with Crippen LogP contribution in [0.5, 0.6) is 0 Å². The van der Waals surface area contributed by atoms with Crippen molar-refractivity contribution in [1.29, 1.82) is 0 Å².